The molecule has 2 aromatic rings. The minimum Gasteiger partial charge on any atom is -0.348 e. The zero-order valence-electron chi connectivity index (χ0n) is 13.1. The van der Waals surface area contributed by atoms with Gasteiger partial charge in [-0.15, -0.1) is 5.10 Å². The lowest BCUT2D eigenvalue weighted by Crippen LogP contribution is -2.35. The molecule has 1 amide bonds. The molecule has 0 fully saturated rings. The number of aromatic nitrogens is 4. The Balaban J connectivity index is 2.04. The first kappa shape index (κ1) is 15.4. The highest BCUT2D eigenvalue weighted by Gasteiger charge is 2.14. The molecule has 0 aliphatic carbocycles. The van der Waals surface area contributed by atoms with Crippen LogP contribution in [0.25, 0.3) is 5.78 Å². The Morgan fingerprint density at radius 1 is 1.29 bits per heavy atom. The maximum atomic E-state index is 12.1. The molecular formula is C14H22N6O. The van der Waals surface area contributed by atoms with Gasteiger partial charge in [-0.3, -0.25) is 4.79 Å². The Hall–Kier alpha value is -2.02. The fraction of sp³-hybridized carbons (Fsp3) is 0.571. The highest BCUT2D eigenvalue weighted by molar-refractivity contribution is 5.90. The maximum Gasteiger partial charge on any atom is 0.291 e. The van der Waals surface area contributed by atoms with E-state index in [-0.39, 0.29) is 11.7 Å². The fourth-order valence-corrected chi connectivity index (χ4v) is 2.21. The largest absolute Gasteiger partial charge is 0.348 e. The van der Waals surface area contributed by atoms with Gasteiger partial charge in [-0.05, 0) is 33.0 Å². The molecule has 1 N–H and O–H groups in total. The first-order valence-electron chi connectivity index (χ1n) is 7.26. The number of aryl methyl sites for hydroxylation is 2. The second-order valence-electron chi connectivity index (χ2n) is 4.97. The molecule has 0 spiro atoms. The van der Waals surface area contributed by atoms with Crippen molar-refractivity contribution in [3.05, 3.63) is 23.3 Å². The number of carbonyl (C=O) groups is 1. The fourth-order valence-electron chi connectivity index (χ4n) is 2.21. The van der Waals surface area contributed by atoms with Crippen LogP contribution in [0.4, 0.5) is 0 Å². The van der Waals surface area contributed by atoms with Gasteiger partial charge in [0.1, 0.15) is 0 Å². The van der Waals surface area contributed by atoms with E-state index in [0.717, 1.165) is 31.0 Å². The van der Waals surface area contributed by atoms with Gasteiger partial charge in [-0.2, -0.15) is 4.98 Å². The van der Waals surface area contributed by atoms with Crippen LogP contribution in [-0.4, -0.2) is 56.6 Å². The molecule has 2 aromatic heterocycles. The zero-order valence-corrected chi connectivity index (χ0v) is 13.1. The summed E-state index contributed by atoms with van der Waals surface area (Å²) in [6, 6.07) is 1.91. The van der Waals surface area contributed by atoms with Crippen molar-refractivity contribution in [1.82, 2.24) is 29.8 Å². The van der Waals surface area contributed by atoms with Crippen LogP contribution < -0.4 is 5.32 Å². The number of hydrogen-bond acceptors (Lipinski definition) is 5. The van der Waals surface area contributed by atoms with Gasteiger partial charge >= 0.3 is 0 Å². The molecule has 0 unspecified atom stereocenters. The molecule has 7 nitrogen and oxygen atoms in total. The van der Waals surface area contributed by atoms with Crippen molar-refractivity contribution in [2.24, 2.45) is 0 Å². The summed E-state index contributed by atoms with van der Waals surface area (Å²) in [5.74, 6) is 0.363. The summed E-state index contributed by atoms with van der Waals surface area (Å²) in [5.41, 5.74) is 1.77. The molecule has 0 saturated carbocycles. The van der Waals surface area contributed by atoms with Gasteiger partial charge in [0.25, 0.3) is 11.7 Å². The van der Waals surface area contributed by atoms with Gasteiger partial charge in [0, 0.05) is 24.5 Å². The second kappa shape index (κ2) is 6.62. The second-order valence-corrected chi connectivity index (χ2v) is 4.97. The first-order valence-corrected chi connectivity index (χ1v) is 7.26. The van der Waals surface area contributed by atoms with Crippen LogP contribution >= 0.6 is 0 Å². The third-order valence-corrected chi connectivity index (χ3v) is 3.43. The van der Waals surface area contributed by atoms with Crippen LogP contribution in [0.15, 0.2) is 6.07 Å². The number of hydrogen-bond donors (Lipinski definition) is 1. The van der Waals surface area contributed by atoms with E-state index in [9.17, 15) is 4.79 Å². The predicted molar refractivity (Wildman–Crippen MR) is 80.4 cm³/mol. The Morgan fingerprint density at radius 2 is 2.00 bits per heavy atom. The Kier molecular flexibility index (Phi) is 4.85. The zero-order chi connectivity index (χ0) is 15.4. The summed E-state index contributed by atoms with van der Waals surface area (Å²) < 4.78 is 1.59. The number of fused-ring (bicyclic) bond motifs is 1. The molecule has 0 radical (unpaired) electrons. The molecule has 0 atom stereocenters. The quantitative estimate of drug-likeness (QED) is 0.852. The topological polar surface area (TPSA) is 75.4 Å². The summed E-state index contributed by atoms with van der Waals surface area (Å²) in [5, 5.41) is 7.06. The molecule has 7 heteroatoms. The summed E-state index contributed by atoms with van der Waals surface area (Å²) in [6.07, 6.45) is 0. The van der Waals surface area contributed by atoms with Crippen molar-refractivity contribution >= 4 is 11.7 Å². The maximum absolute atomic E-state index is 12.1. The molecule has 0 saturated heterocycles. The van der Waals surface area contributed by atoms with E-state index in [0.29, 0.717) is 12.3 Å². The van der Waals surface area contributed by atoms with E-state index >= 15 is 0 Å². The van der Waals surface area contributed by atoms with Gasteiger partial charge < -0.3 is 10.2 Å². The third kappa shape index (κ3) is 3.55. The number of amides is 1. The molecule has 2 rings (SSSR count). The Labute approximate surface area is 124 Å². The lowest BCUT2D eigenvalue weighted by atomic mass is 10.4. The summed E-state index contributed by atoms with van der Waals surface area (Å²) >= 11 is 0. The van der Waals surface area contributed by atoms with E-state index in [1.165, 1.54) is 0 Å². The van der Waals surface area contributed by atoms with Crippen molar-refractivity contribution in [3.8, 4) is 0 Å². The third-order valence-electron chi connectivity index (χ3n) is 3.43. The lowest BCUT2D eigenvalue weighted by molar-refractivity contribution is 0.0938. The molecule has 0 aliphatic heterocycles. The minimum absolute atomic E-state index is 0.163. The van der Waals surface area contributed by atoms with Crippen molar-refractivity contribution in [2.75, 3.05) is 26.2 Å². The van der Waals surface area contributed by atoms with E-state index in [2.05, 4.69) is 39.1 Å². The highest BCUT2D eigenvalue weighted by atomic mass is 16.2. The molecule has 114 valence electrons. The van der Waals surface area contributed by atoms with Gasteiger partial charge in [-0.1, -0.05) is 13.8 Å². The van der Waals surface area contributed by atoms with Crippen LogP contribution in [0.5, 0.6) is 0 Å². The molecule has 0 bridgehead atoms. The van der Waals surface area contributed by atoms with Gasteiger partial charge in [0.05, 0.1) is 0 Å². The monoisotopic (exact) mass is 290 g/mol. The minimum atomic E-state index is -0.260. The smallest absolute Gasteiger partial charge is 0.291 e. The average Bonchev–Trinajstić information content (AvgIpc) is 2.87. The van der Waals surface area contributed by atoms with Crippen LogP contribution in [0.3, 0.4) is 0 Å². The first-order chi connectivity index (χ1) is 10.0. The molecular weight excluding hydrogens is 268 g/mol. The SMILES string of the molecule is CCN(CC)CCNC(=O)c1nc2nc(C)cc(C)n2n1. The predicted octanol–water partition coefficient (Wildman–Crippen LogP) is 0.813. The number of nitrogens with zero attached hydrogens (tertiary/aromatic N) is 5. The Bertz CT molecular complexity index is 632. The normalized spacial score (nSPS) is 11.3. The van der Waals surface area contributed by atoms with Crippen LogP contribution in [-0.2, 0) is 0 Å². The van der Waals surface area contributed by atoms with Crippen LogP contribution in [0.1, 0.15) is 35.9 Å². The standard InChI is InChI=1S/C14H22N6O/c1-5-19(6-2)8-7-15-13(21)12-17-14-16-10(3)9-11(4)20(14)18-12/h9H,5-8H2,1-4H3,(H,15,21). The number of likely N-dealkylation sites (N-methyl/N-ethyl adjacent to an activating group) is 1. The summed E-state index contributed by atoms with van der Waals surface area (Å²) in [7, 11) is 0. The highest BCUT2D eigenvalue weighted by Crippen LogP contribution is 2.05. The average molecular weight is 290 g/mol. The van der Waals surface area contributed by atoms with Gasteiger partial charge in [0.2, 0.25) is 5.82 Å². The number of nitrogens with one attached hydrogen (secondary N) is 1. The van der Waals surface area contributed by atoms with E-state index in [1.54, 1.807) is 4.52 Å². The molecule has 0 aliphatic rings. The number of rotatable bonds is 6. The van der Waals surface area contributed by atoms with Crippen molar-refractivity contribution in [2.45, 2.75) is 27.7 Å². The van der Waals surface area contributed by atoms with Gasteiger partial charge in [-0.25, -0.2) is 9.50 Å². The summed E-state index contributed by atoms with van der Waals surface area (Å²) in [6.45, 7) is 11.4. The number of carbonyl (C=O) groups excluding carboxylic acids is 1. The van der Waals surface area contributed by atoms with Crippen LogP contribution in [0, 0.1) is 13.8 Å². The lowest BCUT2D eigenvalue weighted by Gasteiger charge is -2.17. The van der Waals surface area contributed by atoms with E-state index in [4.69, 9.17) is 0 Å². The van der Waals surface area contributed by atoms with Crippen molar-refractivity contribution in [3.63, 3.8) is 0 Å². The Morgan fingerprint density at radius 3 is 2.67 bits per heavy atom. The van der Waals surface area contributed by atoms with E-state index < -0.39 is 0 Å². The summed E-state index contributed by atoms with van der Waals surface area (Å²) in [4.78, 5) is 22.8. The van der Waals surface area contributed by atoms with Crippen LogP contribution in [0.2, 0.25) is 0 Å². The molecule has 2 heterocycles. The van der Waals surface area contributed by atoms with Crippen molar-refractivity contribution < 1.29 is 4.79 Å². The van der Waals surface area contributed by atoms with Gasteiger partial charge in [0.15, 0.2) is 0 Å². The molecule has 21 heavy (non-hydrogen) atoms. The van der Waals surface area contributed by atoms with Crippen molar-refractivity contribution in [1.29, 1.82) is 0 Å². The van der Waals surface area contributed by atoms with E-state index in [1.807, 2.05) is 19.9 Å². The molecule has 0 aromatic carbocycles.